The average molecular weight is 502 g/mol. The highest BCUT2D eigenvalue weighted by Gasteiger charge is 2.17. The lowest BCUT2D eigenvalue weighted by molar-refractivity contribution is 0.172. The van der Waals surface area contributed by atoms with Crippen molar-refractivity contribution >= 4 is 27.1 Å². The van der Waals surface area contributed by atoms with Gasteiger partial charge in [0.2, 0.25) is 10.0 Å². The van der Waals surface area contributed by atoms with Crippen LogP contribution in [-0.2, 0) is 16.4 Å². The van der Waals surface area contributed by atoms with Crippen molar-refractivity contribution in [3.05, 3.63) is 69.6 Å². The molecule has 0 bridgehead atoms. The Balaban J connectivity index is 1.84. The molecule has 10 heteroatoms. The fourth-order valence-electron chi connectivity index (χ4n) is 3.55. The number of fused-ring (bicyclic) bond motifs is 1. The zero-order chi connectivity index (χ0) is 25.8. The van der Waals surface area contributed by atoms with Gasteiger partial charge in [0.05, 0.1) is 4.90 Å². The lowest BCUT2D eigenvalue weighted by Gasteiger charge is -2.13. The number of nitrogens with zero attached hydrogens (tertiary/aromatic N) is 2. The Labute approximate surface area is 205 Å². The standard InChI is InChI=1S/C25H31N3O6S/c1-17-21-11-10-19(33-25(30)28(4)5)16-23(21)34-24(29)22(17)15-18-8-6-9-20(14-18)35(31,32)26-12-7-13-27(2)3/h6,8-11,14,16,26H,7,12-13,15H2,1-5H3. The van der Waals surface area contributed by atoms with Crippen molar-refractivity contribution in [2.75, 3.05) is 41.3 Å². The van der Waals surface area contributed by atoms with Gasteiger partial charge in [-0.25, -0.2) is 22.7 Å². The molecule has 0 aliphatic heterocycles. The van der Waals surface area contributed by atoms with E-state index in [9.17, 15) is 18.0 Å². The number of rotatable bonds is 9. The van der Waals surface area contributed by atoms with E-state index < -0.39 is 21.7 Å². The van der Waals surface area contributed by atoms with Gasteiger partial charge in [-0.1, -0.05) is 12.1 Å². The van der Waals surface area contributed by atoms with Crippen LogP contribution in [0.4, 0.5) is 4.79 Å². The topological polar surface area (TPSA) is 109 Å². The van der Waals surface area contributed by atoms with Gasteiger partial charge in [0, 0.05) is 44.1 Å². The molecule has 1 aromatic heterocycles. The van der Waals surface area contributed by atoms with Gasteiger partial charge in [0.1, 0.15) is 11.3 Å². The molecule has 0 aliphatic rings. The third-order valence-corrected chi connectivity index (χ3v) is 6.95. The van der Waals surface area contributed by atoms with E-state index in [4.69, 9.17) is 9.15 Å². The van der Waals surface area contributed by atoms with Crippen LogP contribution in [0, 0.1) is 6.92 Å². The number of ether oxygens (including phenoxy) is 1. The molecule has 2 aromatic carbocycles. The van der Waals surface area contributed by atoms with E-state index in [0.717, 1.165) is 12.1 Å². The molecule has 3 aromatic rings. The molecule has 35 heavy (non-hydrogen) atoms. The van der Waals surface area contributed by atoms with Crippen molar-refractivity contribution in [3.8, 4) is 5.75 Å². The van der Waals surface area contributed by atoms with Gasteiger partial charge < -0.3 is 19.0 Å². The molecule has 0 fully saturated rings. The summed E-state index contributed by atoms with van der Waals surface area (Å²) < 4.78 is 38.8. The second-order valence-electron chi connectivity index (χ2n) is 8.79. The molecular weight excluding hydrogens is 470 g/mol. The van der Waals surface area contributed by atoms with Gasteiger partial charge in [-0.15, -0.1) is 0 Å². The van der Waals surface area contributed by atoms with Crippen molar-refractivity contribution in [3.63, 3.8) is 0 Å². The minimum Gasteiger partial charge on any atom is -0.422 e. The maximum Gasteiger partial charge on any atom is 0.414 e. The molecule has 9 nitrogen and oxygen atoms in total. The van der Waals surface area contributed by atoms with Gasteiger partial charge in [-0.05, 0) is 69.4 Å². The van der Waals surface area contributed by atoms with Crippen LogP contribution in [-0.4, -0.2) is 65.6 Å². The van der Waals surface area contributed by atoms with Crippen LogP contribution >= 0.6 is 0 Å². The van der Waals surface area contributed by atoms with E-state index in [2.05, 4.69) is 4.72 Å². The van der Waals surface area contributed by atoms with Crippen LogP contribution in [0.3, 0.4) is 0 Å². The summed E-state index contributed by atoms with van der Waals surface area (Å²) in [5.41, 5.74) is 1.60. The van der Waals surface area contributed by atoms with E-state index in [1.807, 2.05) is 25.9 Å². The van der Waals surface area contributed by atoms with Gasteiger partial charge in [-0.3, -0.25) is 0 Å². The van der Waals surface area contributed by atoms with Crippen LogP contribution in [0.15, 0.2) is 56.6 Å². The predicted molar refractivity (Wildman–Crippen MR) is 135 cm³/mol. The second kappa shape index (κ2) is 11.0. The summed E-state index contributed by atoms with van der Waals surface area (Å²) in [5, 5.41) is 0.704. The van der Waals surface area contributed by atoms with Crippen molar-refractivity contribution in [1.82, 2.24) is 14.5 Å². The monoisotopic (exact) mass is 501 g/mol. The lowest BCUT2D eigenvalue weighted by atomic mass is 9.99. The quantitative estimate of drug-likeness (QED) is 0.355. The summed E-state index contributed by atoms with van der Waals surface area (Å²) in [5.74, 6) is 0.266. The largest absolute Gasteiger partial charge is 0.422 e. The first-order valence-electron chi connectivity index (χ1n) is 11.2. The summed E-state index contributed by atoms with van der Waals surface area (Å²) in [6, 6.07) is 11.4. The molecule has 0 saturated heterocycles. The molecule has 1 N–H and O–H groups in total. The van der Waals surface area contributed by atoms with Crippen molar-refractivity contribution in [2.24, 2.45) is 0 Å². The first-order valence-corrected chi connectivity index (χ1v) is 12.6. The zero-order valence-corrected chi connectivity index (χ0v) is 21.4. The fraction of sp³-hybridized carbons (Fsp3) is 0.360. The number of benzene rings is 2. The third kappa shape index (κ3) is 6.68. The van der Waals surface area contributed by atoms with Crippen LogP contribution in [0.25, 0.3) is 11.0 Å². The van der Waals surface area contributed by atoms with E-state index in [1.54, 1.807) is 44.4 Å². The molecule has 3 rings (SSSR count). The van der Waals surface area contributed by atoms with E-state index >= 15 is 0 Å². The summed E-state index contributed by atoms with van der Waals surface area (Å²) in [7, 11) is 3.34. The normalized spacial score (nSPS) is 11.7. The highest BCUT2D eigenvalue weighted by atomic mass is 32.2. The fourth-order valence-corrected chi connectivity index (χ4v) is 4.69. The van der Waals surface area contributed by atoms with E-state index in [1.165, 1.54) is 17.0 Å². The summed E-state index contributed by atoms with van der Waals surface area (Å²) in [4.78, 5) is 28.0. The van der Waals surface area contributed by atoms with Crippen molar-refractivity contribution in [1.29, 1.82) is 0 Å². The lowest BCUT2D eigenvalue weighted by Crippen LogP contribution is -2.27. The smallest absolute Gasteiger partial charge is 0.414 e. The number of aryl methyl sites for hydroxylation is 1. The highest BCUT2D eigenvalue weighted by molar-refractivity contribution is 7.89. The summed E-state index contributed by atoms with van der Waals surface area (Å²) in [6.07, 6.45) is 0.368. The van der Waals surface area contributed by atoms with E-state index in [-0.39, 0.29) is 17.1 Å². The number of carbonyl (C=O) groups is 1. The molecule has 188 valence electrons. The third-order valence-electron chi connectivity index (χ3n) is 5.49. The first-order chi connectivity index (χ1) is 16.5. The zero-order valence-electron chi connectivity index (χ0n) is 20.6. The SMILES string of the molecule is Cc1c(Cc2cccc(S(=O)(=O)NCCCN(C)C)c2)c(=O)oc2cc(OC(=O)N(C)C)ccc12. The van der Waals surface area contributed by atoms with Crippen LogP contribution in [0.2, 0.25) is 0 Å². The minimum absolute atomic E-state index is 0.148. The van der Waals surface area contributed by atoms with Gasteiger partial charge >= 0.3 is 11.7 Å². The number of sulfonamides is 1. The van der Waals surface area contributed by atoms with Gasteiger partial charge in [0.15, 0.2) is 0 Å². The molecular formula is C25H31N3O6S. The number of amides is 1. The maximum absolute atomic E-state index is 12.8. The Morgan fingerprint density at radius 1 is 1.09 bits per heavy atom. The Hall–Kier alpha value is -3.21. The molecule has 0 radical (unpaired) electrons. The van der Waals surface area contributed by atoms with E-state index in [0.29, 0.717) is 35.1 Å². The van der Waals surface area contributed by atoms with Crippen molar-refractivity contribution in [2.45, 2.75) is 24.7 Å². The van der Waals surface area contributed by atoms with Crippen LogP contribution in [0.5, 0.6) is 5.75 Å². The summed E-state index contributed by atoms with van der Waals surface area (Å²) in [6.45, 7) is 2.93. The maximum atomic E-state index is 12.8. The molecule has 1 amide bonds. The first kappa shape index (κ1) is 26.4. The van der Waals surface area contributed by atoms with Crippen LogP contribution < -0.4 is 15.1 Å². The number of hydrogen-bond acceptors (Lipinski definition) is 7. The molecule has 0 unspecified atom stereocenters. The Kier molecular flexibility index (Phi) is 8.31. The second-order valence-corrected chi connectivity index (χ2v) is 10.6. The molecule has 0 spiro atoms. The number of hydrogen-bond donors (Lipinski definition) is 1. The molecule has 0 aliphatic carbocycles. The average Bonchev–Trinajstić information content (AvgIpc) is 2.79. The predicted octanol–water partition coefficient (Wildman–Crippen LogP) is 2.98. The summed E-state index contributed by atoms with van der Waals surface area (Å²) >= 11 is 0. The molecule has 0 atom stereocenters. The number of nitrogens with one attached hydrogen (secondary N) is 1. The minimum atomic E-state index is -3.66. The van der Waals surface area contributed by atoms with Gasteiger partial charge in [-0.2, -0.15) is 0 Å². The number of carbonyl (C=O) groups excluding carboxylic acids is 1. The van der Waals surface area contributed by atoms with Gasteiger partial charge in [0.25, 0.3) is 0 Å². The van der Waals surface area contributed by atoms with Crippen LogP contribution in [0.1, 0.15) is 23.1 Å². The van der Waals surface area contributed by atoms with Crippen molar-refractivity contribution < 1.29 is 22.4 Å². The Morgan fingerprint density at radius 2 is 1.83 bits per heavy atom. The highest BCUT2D eigenvalue weighted by Crippen LogP contribution is 2.26. The Bertz CT molecular complexity index is 1380. The Morgan fingerprint density at radius 3 is 2.51 bits per heavy atom. The molecule has 0 saturated carbocycles. The molecule has 1 heterocycles.